The third-order valence-electron chi connectivity index (χ3n) is 3.62. The number of hydrogen-bond acceptors (Lipinski definition) is 5. The van der Waals surface area contributed by atoms with Gasteiger partial charge in [0.25, 0.3) is 0 Å². The molecule has 1 aliphatic carbocycles. The second kappa shape index (κ2) is 5.28. The van der Waals surface area contributed by atoms with Gasteiger partial charge in [0.15, 0.2) is 0 Å². The Bertz CT molecular complexity index is 717. The first-order valence-electron chi connectivity index (χ1n) is 6.66. The molecule has 0 radical (unpaired) electrons. The van der Waals surface area contributed by atoms with E-state index in [9.17, 15) is 18.9 Å². The maximum absolute atomic E-state index is 13.7. The number of rotatable bonds is 5. The molecule has 1 aromatic carbocycles. The van der Waals surface area contributed by atoms with Gasteiger partial charge in [-0.15, -0.1) is 0 Å². The predicted octanol–water partition coefficient (Wildman–Crippen LogP) is 2.85. The summed E-state index contributed by atoms with van der Waals surface area (Å²) in [6, 6.07) is 3.49. The Morgan fingerprint density at radius 2 is 1.95 bits per heavy atom. The summed E-state index contributed by atoms with van der Waals surface area (Å²) in [5.41, 5.74) is -0.164. The first kappa shape index (κ1) is 14.3. The fourth-order valence-electron chi connectivity index (χ4n) is 2.24. The van der Waals surface area contributed by atoms with E-state index >= 15 is 0 Å². The van der Waals surface area contributed by atoms with Gasteiger partial charge < -0.3 is 5.32 Å². The lowest BCUT2D eigenvalue weighted by molar-refractivity contribution is -0.385. The van der Waals surface area contributed by atoms with Crippen molar-refractivity contribution >= 4 is 11.6 Å². The molecule has 1 aliphatic rings. The van der Waals surface area contributed by atoms with Gasteiger partial charge >= 0.3 is 5.69 Å². The van der Waals surface area contributed by atoms with Gasteiger partial charge in [0, 0.05) is 11.6 Å². The van der Waals surface area contributed by atoms with E-state index in [-0.39, 0.29) is 17.2 Å². The van der Waals surface area contributed by atoms with E-state index < -0.39 is 16.6 Å². The molecular weight excluding hydrogens is 294 g/mol. The molecule has 0 aliphatic heterocycles. The molecule has 1 saturated carbocycles. The Hall–Kier alpha value is -2.64. The summed E-state index contributed by atoms with van der Waals surface area (Å²) in [5.74, 6) is -0.943. The topological polar surface area (TPSA) is 81.0 Å². The fourth-order valence-corrected chi connectivity index (χ4v) is 2.24. The van der Waals surface area contributed by atoms with Crippen LogP contribution in [-0.2, 0) is 6.42 Å². The lowest BCUT2D eigenvalue weighted by Crippen LogP contribution is -2.26. The third-order valence-corrected chi connectivity index (χ3v) is 3.62. The zero-order valence-electron chi connectivity index (χ0n) is 11.4. The monoisotopic (exact) mass is 306 g/mol. The summed E-state index contributed by atoms with van der Waals surface area (Å²) in [4.78, 5) is 17.7. The van der Waals surface area contributed by atoms with Gasteiger partial charge in [-0.25, -0.2) is 18.7 Å². The van der Waals surface area contributed by atoms with Crippen LogP contribution in [-0.4, -0.2) is 20.4 Å². The first-order valence-corrected chi connectivity index (χ1v) is 6.66. The van der Waals surface area contributed by atoms with Crippen molar-refractivity contribution in [3.05, 3.63) is 57.9 Å². The van der Waals surface area contributed by atoms with Gasteiger partial charge in [-0.3, -0.25) is 10.1 Å². The molecule has 0 spiro atoms. The zero-order valence-corrected chi connectivity index (χ0v) is 11.4. The third kappa shape index (κ3) is 3.00. The summed E-state index contributed by atoms with van der Waals surface area (Å²) in [5, 5.41) is 13.6. The van der Waals surface area contributed by atoms with Gasteiger partial charge in [0.05, 0.1) is 4.92 Å². The normalized spacial score (nSPS) is 15.4. The summed E-state index contributed by atoms with van der Waals surface area (Å²) >= 11 is 0. The highest BCUT2D eigenvalue weighted by atomic mass is 19.1. The van der Waals surface area contributed by atoms with Crippen LogP contribution in [0.5, 0.6) is 0 Å². The lowest BCUT2D eigenvalue weighted by atomic mass is 10.0. The Morgan fingerprint density at radius 3 is 2.50 bits per heavy atom. The van der Waals surface area contributed by atoms with Crippen LogP contribution in [0.1, 0.15) is 18.4 Å². The number of anilines is 1. The SMILES string of the molecule is O=[N+]([O-])c1cnc(NC2(Cc3ccc(F)cc3F)CC2)nc1. The van der Waals surface area contributed by atoms with E-state index in [1.54, 1.807) is 0 Å². The van der Waals surface area contributed by atoms with E-state index in [2.05, 4.69) is 15.3 Å². The summed E-state index contributed by atoms with van der Waals surface area (Å²) in [6.45, 7) is 0. The van der Waals surface area contributed by atoms with Crippen LogP contribution in [0, 0.1) is 21.7 Å². The molecule has 8 heteroatoms. The predicted molar refractivity (Wildman–Crippen MR) is 74.3 cm³/mol. The van der Waals surface area contributed by atoms with Crippen LogP contribution in [0.15, 0.2) is 30.6 Å². The maximum atomic E-state index is 13.7. The van der Waals surface area contributed by atoms with E-state index in [1.807, 2.05) is 0 Å². The summed E-state index contributed by atoms with van der Waals surface area (Å²) in [7, 11) is 0. The Balaban J connectivity index is 1.72. The van der Waals surface area contributed by atoms with Gasteiger partial charge in [0.1, 0.15) is 24.0 Å². The lowest BCUT2D eigenvalue weighted by Gasteiger charge is -2.17. The van der Waals surface area contributed by atoms with E-state index in [1.165, 1.54) is 12.1 Å². The molecule has 0 atom stereocenters. The van der Waals surface area contributed by atoms with Crippen molar-refractivity contribution in [3.63, 3.8) is 0 Å². The van der Waals surface area contributed by atoms with E-state index in [0.717, 1.165) is 31.3 Å². The quantitative estimate of drug-likeness (QED) is 0.678. The largest absolute Gasteiger partial charge is 0.348 e. The number of nitrogens with zero attached hydrogens (tertiary/aromatic N) is 3. The van der Waals surface area contributed by atoms with Crippen LogP contribution < -0.4 is 5.32 Å². The summed E-state index contributed by atoms with van der Waals surface area (Å²) in [6.07, 6.45) is 4.20. The van der Waals surface area contributed by atoms with Crippen LogP contribution in [0.25, 0.3) is 0 Å². The minimum atomic E-state index is -0.613. The summed E-state index contributed by atoms with van der Waals surface area (Å²) < 4.78 is 26.6. The van der Waals surface area contributed by atoms with E-state index in [4.69, 9.17) is 0 Å². The highest BCUT2D eigenvalue weighted by Gasteiger charge is 2.43. The van der Waals surface area contributed by atoms with Gasteiger partial charge in [0.2, 0.25) is 5.95 Å². The van der Waals surface area contributed by atoms with Crippen molar-refractivity contribution < 1.29 is 13.7 Å². The molecule has 2 aromatic rings. The van der Waals surface area contributed by atoms with Crippen molar-refractivity contribution in [1.29, 1.82) is 0 Å². The molecule has 22 heavy (non-hydrogen) atoms. The average Bonchev–Trinajstić information content (AvgIpc) is 3.22. The van der Waals surface area contributed by atoms with Crippen molar-refractivity contribution in [3.8, 4) is 0 Å². The molecule has 6 nitrogen and oxygen atoms in total. The highest BCUT2D eigenvalue weighted by molar-refractivity contribution is 5.38. The number of nitro groups is 1. The number of hydrogen-bond donors (Lipinski definition) is 1. The van der Waals surface area contributed by atoms with Gasteiger partial charge in [-0.2, -0.15) is 0 Å². The number of nitrogens with one attached hydrogen (secondary N) is 1. The zero-order chi connectivity index (χ0) is 15.7. The molecule has 1 N–H and O–H groups in total. The number of halogens is 2. The first-order chi connectivity index (χ1) is 10.5. The van der Waals surface area contributed by atoms with Crippen LogP contribution in [0.4, 0.5) is 20.4 Å². The van der Waals surface area contributed by atoms with Gasteiger partial charge in [-0.05, 0) is 30.9 Å². The average molecular weight is 306 g/mol. The maximum Gasteiger partial charge on any atom is 0.305 e. The van der Waals surface area contributed by atoms with Crippen molar-refractivity contribution in [2.45, 2.75) is 24.8 Å². The van der Waals surface area contributed by atoms with Crippen LogP contribution in [0.2, 0.25) is 0 Å². The molecule has 0 saturated heterocycles. The minimum absolute atomic E-state index is 0.194. The molecule has 114 valence electrons. The molecule has 1 aromatic heterocycles. The molecule has 3 rings (SSSR count). The molecule has 0 bridgehead atoms. The standard InChI is InChI=1S/C14H12F2N4O2/c15-10-2-1-9(12(16)5-10)6-14(3-4-14)19-13-17-7-11(8-18-13)20(21)22/h1-2,5,7-8H,3-4,6H2,(H,17,18,19). The highest BCUT2D eigenvalue weighted by Crippen LogP contribution is 2.41. The molecule has 0 amide bonds. The van der Waals surface area contributed by atoms with Crippen LogP contribution in [0.3, 0.4) is 0 Å². The van der Waals surface area contributed by atoms with Crippen molar-refractivity contribution in [1.82, 2.24) is 9.97 Å². The Kier molecular flexibility index (Phi) is 3.44. The number of benzene rings is 1. The molecule has 0 unspecified atom stereocenters. The fraction of sp³-hybridized carbons (Fsp3) is 0.286. The smallest absolute Gasteiger partial charge is 0.305 e. The van der Waals surface area contributed by atoms with Crippen LogP contribution >= 0.6 is 0 Å². The molecular formula is C14H12F2N4O2. The van der Waals surface area contributed by atoms with Crippen molar-refractivity contribution in [2.24, 2.45) is 0 Å². The Morgan fingerprint density at radius 1 is 1.27 bits per heavy atom. The second-order valence-electron chi connectivity index (χ2n) is 5.34. The molecule has 1 heterocycles. The minimum Gasteiger partial charge on any atom is -0.348 e. The molecule has 1 fully saturated rings. The van der Waals surface area contributed by atoms with E-state index in [0.29, 0.717) is 12.0 Å². The Labute approximate surface area is 124 Å². The second-order valence-corrected chi connectivity index (χ2v) is 5.34. The number of aromatic nitrogens is 2. The van der Waals surface area contributed by atoms with Crippen molar-refractivity contribution in [2.75, 3.05) is 5.32 Å². The van der Waals surface area contributed by atoms with Gasteiger partial charge in [-0.1, -0.05) is 6.07 Å².